The van der Waals surface area contributed by atoms with Crippen molar-refractivity contribution in [2.45, 2.75) is 46.6 Å². The fourth-order valence-corrected chi connectivity index (χ4v) is 5.12. The monoisotopic (exact) mass is 426 g/mol. The largest absolute Gasteiger partial charge is 0.312 e. The molecule has 2 amide bonds. The third-order valence-corrected chi connectivity index (χ3v) is 7.27. The van der Waals surface area contributed by atoms with E-state index >= 15 is 0 Å². The molecule has 3 heterocycles. The number of nitrogens with zero attached hydrogens (tertiary/aromatic N) is 3. The van der Waals surface area contributed by atoms with Crippen LogP contribution in [0.4, 0.5) is 10.8 Å². The Hall–Kier alpha value is -2.25. The molecule has 2 saturated heterocycles. The smallest absolute Gasteiger partial charge is 0.231 e. The quantitative estimate of drug-likeness (QED) is 0.785. The zero-order chi connectivity index (χ0) is 21.3. The molecule has 160 valence electrons. The summed E-state index contributed by atoms with van der Waals surface area (Å²) in [6.45, 7) is 9.90. The van der Waals surface area contributed by atoms with Crippen molar-refractivity contribution >= 4 is 34.0 Å². The van der Waals surface area contributed by atoms with E-state index in [-0.39, 0.29) is 24.2 Å². The van der Waals surface area contributed by atoms with Gasteiger partial charge in [-0.1, -0.05) is 24.6 Å². The summed E-state index contributed by atoms with van der Waals surface area (Å²) in [7, 11) is 0. The number of carbonyl (C=O) groups excluding carboxylic acids is 2. The SMILES string of the molecule is Cc1ccc(N2CC(C(=O)Nc3nc(C)c(CN4CCC(C)CC4)s3)CC2=O)cc1. The summed E-state index contributed by atoms with van der Waals surface area (Å²) < 4.78 is 0. The minimum atomic E-state index is -0.352. The molecule has 0 saturated carbocycles. The van der Waals surface area contributed by atoms with Gasteiger partial charge in [-0.3, -0.25) is 14.5 Å². The van der Waals surface area contributed by atoms with Gasteiger partial charge in [0.15, 0.2) is 5.13 Å². The maximum atomic E-state index is 12.8. The molecule has 7 heteroatoms. The molecule has 30 heavy (non-hydrogen) atoms. The summed E-state index contributed by atoms with van der Waals surface area (Å²) in [5.41, 5.74) is 2.98. The number of likely N-dealkylation sites (tertiary alicyclic amines) is 1. The maximum absolute atomic E-state index is 12.8. The Bertz CT molecular complexity index is 916. The number of aryl methyl sites for hydroxylation is 2. The van der Waals surface area contributed by atoms with Crippen LogP contribution in [0.25, 0.3) is 0 Å². The highest BCUT2D eigenvalue weighted by Gasteiger charge is 2.35. The molecule has 0 spiro atoms. The minimum Gasteiger partial charge on any atom is -0.312 e. The Kier molecular flexibility index (Phi) is 6.20. The molecule has 0 bridgehead atoms. The van der Waals surface area contributed by atoms with E-state index in [0.29, 0.717) is 11.7 Å². The van der Waals surface area contributed by atoms with Crippen LogP contribution in [0.3, 0.4) is 0 Å². The van der Waals surface area contributed by atoms with E-state index in [2.05, 4.69) is 22.1 Å². The predicted octanol–water partition coefficient (Wildman–Crippen LogP) is 3.98. The van der Waals surface area contributed by atoms with Gasteiger partial charge in [0.1, 0.15) is 0 Å². The zero-order valence-electron chi connectivity index (χ0n) is 18.0. The Morgan fingerprint density at radius 2 is 1.90 bits per heavy atom. The van der Waals surface area contributed by atoms with E-state index in [1.54, 1.807) is 16.2 Å². The number of hydrogen-bond donors (Lipinski definition) is 1. The Morgan fingerprint density at radius 3 is 2.60 bits per heavy atom. The molecule has 2 aliphatic rings. The highest BCUT2D eigenvalue weighted by molar-refractivity contribution is 7.15. The normalized spacial score (nSPS) is 20.7. The third kappa shape index (κ3) is 4.73. The molecule has 2 fully saturated rings. The fourth-order valence-electron chi connectivity index (χ4n) is 4.12. The fraction of sp³-hybridized carbons (Fsp3) is 0.522. The van der Waals surface area contributed by atoms with Gasteiger partial charge in [0, 0.05) is 30.1 Å². The van der Waals surface area contributed by atoms with Gasteiger partial charge in [-0.15, -0.1) is 11.3 Å². The van der Waals surface area contributed by atoms with Gasteiger partial charge in [0.2, 0.25) is 11.8 Å². The Balaban J connectivity index is 1.36. The van der Waals surface area contributed by atoms with Crippen molar-refractivity contribution in [2.75, 3.05) is 29.9 Å². The zero-order valence-corrected chi connectivity index (χ0v) is 18.8. The first kappa shape index (κ1) is 21.0. The number of benzene rings is 1. The van der Waals surface area contributed by atoms with Crippen molar-refractivity contribution in [1.82, 2.24) is 9.88 Å². The van der Waals surface area contributed by atoms with E-state index < -0.39 is 0 Å². The maximum Gasteiger partial charge on any atom is 0.231 e. The summed E-state index contributed by atoms with van der Waals surface area (Å²) in [5.74, 6) is 0.335. The van der Waals surface area contributed by atoms with Gasteiger partial charge in [-0.05, 0) is 57.8 Å². The second kappa shape index (κ2) is 8.86. The van der Waals surface area contributed by atoms with Crippen molar-refractivity contribution < 1.29 is 9.59 Å². The van der Waals surface area contributed by atoms with Crippen LogP contribution in [-0.4, -0.2) is 41.3 Å². The molecule has 6 nitrogen and oxygen atoms in total. The predicted molar refractivity (Wildman–Crippen MR) is 121 cm³/mol. The highest BCUT2D eigenvalue weighted by Crippen LogP contribution is 2.29. The lowest BCUT2D eigenvalue weighted by atomic mass is 9.99. The second-order valence-electron chi connectivity index (χ2n) is 8.72. The van der Waals surface area contributed by atoms with Gasteiger partial charge in [-0.2, -0.15) is 0 Å². The Labute approximate surface area is 182 Å². The van der Waals surface area contributed by atoms with E-state index in [0.717, 1.165) is 42.5 Å². The number of nitrogens with one attached hydrogen (secondary N) is 1. The molecule has 1 atom stereocenters. The van der Waals surface area contributed by atoms with Crippen molar-refractivity contribution in [1.29, 1.82) is 0 Å². The van der Waals surface area contributed by atoms with Gasteiger partial charge >= 0.3 is 0 Å². The lowest BCUT2D eigenvalue weighted by Crippen LogP contribution is -2.32. The van der Waals surface area contributed by atoms with Crippen LogP contribution in [-0.2, 0) is 16.1 Å². The minimum absolute atomic E-state index is 0.00524. The summed E-state index contributed by atoms with van der Waals surface area (Å²) in [6.07, 6.45) is 2.73. The van der Waals surface area contributed by atoms with Crippen LogP contribution < -0.4 is 10.2 Å². The summed E-state index contributed by atoms with van der Waals surface area (Å²) in [4.78, 5) is 35.2. The molecule has 1 aromatic heterocycles. The van der Waals surface area contributed by atoms with E-state index in [4.69, 9.17) is 0 Å². The number of anilines is 2. The van der Waals surface area contributed by atoms with E-state index in [1.807, 2.05) is 38.1 Å². The Morgan fingerprint density at radius 1 is 1.20 bits per heavy atom. The lowest BCUT2D eigenvalue weighted by molar-refractivity contribution is -0.122. The molecule has 2 aromatic rings. The average Bonchev–Trinajstić information content (AvgIpc) is 3.27. The molecule has 1 aromatic carbocycles. The number of aromatic nitrogens is 1. The molecule has 1 N–H and O–H groups in total. The van der Waals surface area contributed by atoms with Crippen LogP contribution in [0, 0.1) is 25.7 Å². The number of piperidine rings is 1. The first-order chi connectivity index (χ1) is 14.4. The molecular formula is C23H30N4O2S. The molecular weight excluding hydrogens is 396 g/mol. The summed E-state index contributed by atoms with van der Waals surface area (Å²) >= 11 is 1.56. The average molecular weight is 427 g/mol. The molecule has 1 unspecified atom stereocenters. The molecule has 4 rings (SSSR count). The highest BCUT2D eigenvalue weighted by atomic mass is 32.1. The van der Waals surface area contributed by atoms with Crippen LogP contribution in [0.5, 0.6) is 0 Å². The van der Waals surface area contributed by atoms with Crippen molar-refractivity contribution in [3.63, 3.8) is 0 Å². The first-order valence-corrected chi connectivity index (χ1v) is 11.6. The lowest BCUT2D eigenvalue weighted by Gasteiger charge is -2.29. The standard InChI is InChI=1S/C23H30N4O2S/c1-15-4-6-19(7-5-15)27-13-18(12-21(27)28)22(29)25-23-24-17(3)20(30-23)14-26-10-8-16(2)9-11-26/h4-7,16,18H,8-14H2,1-3H3,(H,24,25,29). The summed E-state index contributed by atoms with van der Waals surface area (Å²) in [5, 5.41) is 3.60. The number of carbonyl (C=O) groups is 2. The first-order valence-electron chi connectivity index (χ1n) is 10.8. The number of hydrogen-bond acceptors (Lipinski definition) is 5. The van der Waals surface area contributed by atoms with Crippen LogP contribution >= 0.6 is 11.3 Å². The number of rotatable bonds is 5. The number of amides is 2. The second-order valence-corrected chi connectivity index (χ2v) is 9.80. The van der Waals surface area contributed by atoms with Crippen molar-refractivity contribution in [3.05, 3.63) is 40.4 Å². The van der Waals surface area contributed by atoms with E-state index in [1.165, 1.54) is 17.7 Å². The van der Waals surface area contributed by atoms with Crippen molar-refractivity contribution in [3.8, 4) is 0 Å². The molecule has 0 aliphatic carbocycles. The van der Waals surface area contributed by atoms with Crippen molar-refractivity contribution in [2.24, 2.45) is 11.8 Å². The topological polar surface area (TPSA) is 65.5 Å². The number of thiazole rings is 1. The molecule has 2 aliphatic heterocycles. The van der Waals surface area contributed by atoms with Crippen LogP contribution in [0.2, 0.25) is 0 Å². The van der Waals surface area contributed by atoms with Gasteiger partial charge in [-0.25, -0.2) is 4.98 Å². The third-order valence-electron chi connectivity index (χ3n) is 6.21. The molecule has 0 radical (unpaired) electrons. The van der Waals surface area contributed by atoms with Gasteiger partial charge in [0.05, 0.1) is 11.6 Å². The van der Waals surface area contributed by atoms with E-state index in [9.17, 15) is 9.59 Å². The van der Waals surface area contributed by atoms with Crippen LogP contribution in [0.15, 0.2) is 24.3 Å². The van der Waals surface area contributed by atoms with Gasteiger partial charge < -0.3 is 10.2 Å². The summed E-state index contributed by atoms with van der Waals surface area (Å²) in [6, 6.07) is 7.84. The van der Waals surface area contributed by atoms with Crippen LogP contribution in [0.1, 0.15) is 42.3 Å². The van der Waals surface area contributed by atoms with Gasteiger partial charge in [0.25, 0.3) is 0 Å².